The fraction of sp³-hybridized carbons (Fsp3) is 0.154. The number of nitrogens with two attached hydrogens (primary N) is 1. The van der Waals surface area contributed by atoms with Crippen molar-refractivity contribution in [2.24, 2.45) is 0 Å². The lowest BCUT2D eigenvalue weighted by molar-refractivity contribution is 0.465. The van der Waals surface area contributed by atoms with Crippen LogP contribution < -0.4 is 10.5 Å². The zero-order valence-electron chi connectivity index (χ0n) is 9.48. The van der Waals surface area contributed by atoms with Crippen molar-refractivity contribution < 1.29 is 4.74 Å². The fourth-order valence-corrected chi connectivity index (χ4v) is 1.56. The Morgan fingerprint density at radius 2 is 2.12 bits per heavy atom. The molecule has 3 nitrogen and oxygen atoms in total. The smallest absolute Gasteiger partial charge is 0.219 e. The number of ether oxygens (including phenoxy) is 1. The van der Waals surface area contributed by atoms with Crippen LogP contribution >= 0.6 is 11.6 Å². The molecule has 0 unspecified atom stereocenters. The van der Waals surface area contributed by atoms with Gasteiger partial charge < -0.3 is 10.5 Å². The SMILES string of the molecule is CCc1ccc(Oc2ccc(Cl)cn2)c(N)c1. The first-order valence-corrected chi connectivity index (χ1v) is 5.74. The van der Waals surface area contributed by atoms with Gasteiger partial charge in [0.1, 0.15) is 0 Å². The van der Waals surface area contributed by atoms with Crippen molar-refractivity contribution in [3.63, 3.8) is 0 Å². The normalized spacial score (nSPS) is 10.2. The Kier molecular flexibility index (Phi) is 3.49. The minimum absolute atomic E-state index is 0.477. The van der Waals surface area contributed by atoms with Gasteiger partial charge in [-0.15, -0.1) is 0 Å². The molecule has 1 aromatic carbocycles. The number of anilines is 1. The van der Waals surface area contributed by atoms with Crippen molar-refractivity contribution in [2.75, 3.05) is 5.73 Å². The number of hydrogen-bond donors (Lipinski definition) is 1. The molecule has 0 aliphatic carbocycles. The van der Waals surface area contributed by atoms with Gasteiger partial charge in [-0.25, -0.2) is 4.98 Å². The van der Waals surface area contributed by atoms with E-state index < -0.39 is 0 Å². The Morgan fingerprint density at radius 1 is 1.29 bits per heavy atom. The van der Waals surface area contributed by atoms with E-state index >= 15 is 0 Å². The molecule has 1 heterocycles. The van der Waals surface area contributed by atoms with E-state index in [9.17, 15) is 0 Å². The summed E-state index contributed by atoms with van der Waals surface area (Å²) < 4.78 is 5.57. The maximum absolute atomic E-state index is 5.90. The Hall–Kier alpha value is -1.74. The average molecular weight is 249 g/mol. The molecular weight excluding hydrogens is 236 g/mol. The first kappa shape index (κ1) is 11.7. The second-order valence-electron chi connectivity index (χ2n) is 3.64. The number of hydrogen-bond acceptors (Lipinski definition) is 3. The largest absolute Gasteiger partial charge is 0.437 e. The van der Waals surface area contributed by atoms with E-state index in [0.717, 1.165) is 6.42 Å². The lowest BCUT2D eigenvalue weighted by atomic mass is 10.1. The summed E-state index contributed by atoms with van der Waals surface area (Å²) in [5, 5.41) is 0.576. The molecule has 0 radical (unpaired) electrons. The van der Waals surface area contributed by atoms with Crippen molar-refractivity contribution >= 4 is 17.3 Å². The first-order chi connectivity index (χ1) is 8.19. The molecule has 0 amide bonds. The van der Waals surface area contributed by atoms with Crippen molar-refractivity contribution in [1.82, 2.24) is 4.98 Å². The third-order valence-corrected chi connectivity index (χ3v) is 2.62. The molecule has 4 heteroatoms. The molecule has 0 saturated carbocycles. The van der Waals surface area contributed by atoms with E-state index in [-0.39, 0.29) is 0 Å². The van der Waals surface area contributed by atoms with Crippen LogP contribution in [0.15, 0.2) is 36.5 Å². The first-order valence-electron chi connectivity index (χ1n) is 5.37. The van der Waals surface area contributed by atoms with Crippen LogP contribution in [-0.2, 0) is 6.42 Å². The van der Waals surface area contributed by atoms with Crippen LogP contribution in [0.4, 0.5) is 5.69 Å². The molecule has 1 aromatic heterocycles. The summed E-state index contributed by atoms with van der Waals surface area (Å²) in [4.78, 5) is 4.05. The van der Waals surface area contributed by atoms with Crippen LogP contribution in [0.25, 0.3) is 0 Å². The van der Waals surface area contributed by atoms with Crippen molar-refractivity contribution in [1.29, 1.82) is 0 Å². The third-order valence-electron chi connectivity index (χ3n) is 2.40. The molecule has 0 aliphatic rings. The highest BCUT2D eigenvalue weighted by atomic mass is 35.5. The van der Waals surface area contributed by atoms with Gasteiger partial charge in [0, 0.05) is 12.3 Å². The minimum Gasteiger partial charge on any atom is -0.437 e. The Balaban J connectivity index is 2.21. The zero-order valence-corrected chi connectivity index (χ0v) is 10.2. The predicted octanol–water partition coefficient (Wildman–Crippen LogP) is 3.67. The van der Waals surface area contributed by atoms with Crippen LogP contribution in [0.2, 0.25) is 5.02 Å². The van der Waals surface area contributed by atoms with E-state index in [0.29, 0.717) is 22.3 Å². The number of halogens is 1. The molecule has 0 spiro atoms. The minimum atomic E-state index is 0.477. The summed E-state index contributed by atoms with van der Waals surface area (Å²) >= 11 is 5.74. The number of nitrogens with zero attached hydrogens (tertiary/aromatic N) is 1. The molecule has 2 aromatic rings. The van der Waals surface area contributed by atoms with E-state index in [1.807, 2.05) is 18.2 Å². The molecule has 2 N–H and O–H groups in total. The monoisotopic (exact) mass is 248 g/mol. The van der Waals surface area contributed by atoms with Crippen molar-refractivity contribution in [3.05, 3.63) is 47.1 Å². The third kappa shape index (κ3) is 2.88. The van der Waals surface area contributed by atoms with Gasteiger partial charge in [-0.2, -0.15) is 0 Å². The van der Waals surface area contributed by atoms with Gasteiger partial charge in [-0.3, -0.25) is 0 Å². The molecule has 0 bridgehead atoms. The summed E-state index contributed by atoms with van der Waals surface area (Å²) in [5.41, 5.74) is 7.69. The summed E-state index contributed by atoms with van der Waals surface area (Å²) in [6.45, 7) is 2.08. The van der Waals surface area contributed by atoms with Crippen LogP contribution in [0.5, 0.6) is 11.6 Å². The summed E-state index contributed by atoms with van der Waals surface area (Å²) in [6.07, 6.45) is 2.48. The lowest BCUT2D eigenvalue weighted by Gasteiger charge is -2.08. The highest BCUT2D eigenvalue weighted by Crippen LogP contribution is 2.27. The zero-order chi connectivity index (χ0) is 12.3. The summed E-state index contributed by atoms with van der Waals surface area (Å²) in [7, 11) is 0. The second kappa shape index (κ2) is 5.06. The maximum atomic E-state index is 5.90. The topological polar surface area (TPSA) is 48.1 Å². The molecule has 0 atom stereocenters. The maximum Gasteiger partial charge on any atom is 0.219 e. The number of rotatable bonds is 3. The van der Waals surface area contributed by atoms with Crippen LogP contribution in [0.1, 0.15) is 12.5 Å². The van der Waals surface area contributed by atoms with Gasteiger partial charge in [0.15, 0.2) is 5.75 Å². The van der Waals surface area contributed by atoms with Gasteiger partial charge in [0.2, 0.25) is 5.88 Å². The number of benzene rings is 1. The molecule has 88 valence electrons. The van der Waals surface area contributed by atoms with Crippen molar-refractivity contribution in [3.8, 4) is 11.6 Å². The van der Waals surface area contributed by atoms with Crippen LogP contribution in [-0.4, -0.2) is 4.98 Å². The highest BCUT2D eigenvalue weighted by Gasteiger charge is 2.03. The standard InChI is InChI=1S/C13H13ClN2O/c1-2-9-3-5-12(11(15)7-9)17-13-6-4-10(14)8-16-13/h3-8H,2,15H2,1H3. The van der Waals surface area contributed by atoms with E-state index in [4.69, 9.17) is 22.1 Å². The average Bonchev–Trinajstić information content (AvgIpc) is 2.34. The molecule has 17 heavy (non-hydrogen) atoms. The molecule has 0 fully saturated rings. The summed E-state index contributed by atoms with van der Waals surface area (Å²) in [5.74, 6) is 1.09. The molecule has 0 aliphatic heterocycles. The van der Waals surface area contributed by atoms with Crippen LogP contribution in [0, 0.1) is 0 Å². The Morgan fingerprint density at radius 3 is 2.71 bits per heavy atom. The number of aryl methyl sites for hydroxylation is 1. The fourth-order valence-electron chi connectivity index (χ4n) is 1.45. The van der Waals surface area contributed by atoms with Gasteiger partial charge in [0.05, 0.1) is 10.7 Å². The highest BCUT2D eigenvalue weighted by molar-refractivity contribution is 6.30. The van der Waals surface area contributed by atoms with E-state index in [2.05, 4.69) is 11.9 Å². The van der Waals surface area contributed by atoms with Gasteiger partial charge >= 0.3 is 0 Å². The quantitative estimate of drug-likeness (QED) is 0.843. The molecule has 2 rings (SSSR count). The van der Waals surface area contributed by atoms with Crippen molar-refractivity contribution in [2.45, 2.75) is 13.3 Å². The second-order valence-corrected chi connectivity index (χ2v) is 4.08. The molecular formula is C13H13ClN2O. The number of nitrogen functional groups attached to an aromatic ring is 1. The lowest BCUT2D eigenvalue weighted by Crippen LogP contribution is -1.94. The van der Waals surface area contributed by atoms with Gasteiger partial charge in [0.25, 0.3) is 0 Å². The molecule has 0 saturated heterocycles. The van der Waals surface area contributed by atoms with E-state index in [1.165, 1.54) is 11.8 Å². The van der Waals surface area contributed by atoms with E-state index in [1.54, 1.807) is 12.1 Å². The Labute approximate surface area is 105 Å². The van der Waals surface area contributed by atoms with Crippen LogP contribution in [0.3, 0.4) is 0 Å². The number of pyridine rings is 1. The predicted molar refractivity (Wildman–Crippen MR) is 69.6 cm³/mol. The summed E-state index contributed by atoms with van der Waals surface area (Å²) in [6, 6.07) is 9.17. The number of aromatic nitrogens is 1. The van der Waals surface area contributed by atoms with Gasteiger partial charge in [-0.1, -0.05) is 24.6 Å². The van der Waals surface area contributed by atoms with Gasteiger partial charge in [-0.05, 0) is 30.2 Å². The Bertz CT molecular complexity index is 511.